The van der Waals surface area contributed by atoms with Crippen LogP contribution in [-0.4, -0.2) is 18.0 Å². The molecule has 2 heterocycles. The van der Waals surface area contributed by atoms with Crippen LogP contribution in [0.4, 0.5) is 0 Å². The molecule has 1 aromatic heterocycles. The molecule has 78 valence electrons. The first-order valence-electron chi connectivity index (χ1n) is 5.27. The van der Waals surface area contributed by atoms with E-state index < -0.39 is 0 Å². The standard InChI is InChI=1S/C11H18N2O/c1-9-2-4-13(7-9)8-10-3-5-14-11(10)6-12/h3,5,9H,2,4,6-8,12H2,1H3. The molecule has 1 aliphatic heterocycles. The van der Waals surface area contributed by atoms with Gasteiger partial charge in [-0.1, -0.05) is 6.92 Å². The fraction of sp³-hybridized carbons (Fsp3) is 0.636. The zero-order valence-corrected chi connectivity index (χ0v) is 8.70. The van der Waals surface area contributed by atoms with E-state index >= 15 is 0 Å². The van der Waals surface area contributed by atoms with E-state index in [4.69, 9.17) is 10.2 Å². The van der Waals surface area contributed by atoms with Crippen molar-refractivity contribution in [2.45, 2.75) is 26.4 Å². The van der Waals surface area contributed by atoms with Crippen LogP contribution in [0.3, 0.4) is 0 Å². The second-order valence-electron chi connectivity index (χ2n) is 4.20. The number of rotatable bonds is 3. The van der Waals surface area contributed by atoms with E-state index in [0.717, 1.165) is 18.2 Å². The van der Waals surface area contributed by atoms with Gasteiger partial charge < -0.3 is 10.2 Å². The van der Waals surface area contributed by atoms with Crippen molar-refractivity contribution in [3.8, 4) is 0 Å². The summed E-state index contributed by atoms with van der Waals surface area (Å²) >= 11 is 0. The maximum absolute atomic E-state index is 5.58. The minimum Gasteiger partial charge on any atom is -0.468 e. The normalized spacial score (nSPS) is 23.1. The molecule has 1 saturated heterocycles. The average molecular weight is 194 g/mol. The predicted molar refractivity (Wildman–Crippen MR) is 55.7 cm³/mol. The van der Waals surface area contributed by atoms with Gasteiger partial charge in [-0.25, -0.2) is 0 Å². The van der Waals surface area contributed by atoms with Gasteiger partial charge in [0.05, 0.1) is 12.8 Å². The summed E-state index contributed by atoms with van der Waals surface area (Å²) in [6, 6.07) is 2.03. The van der Waals surface area contributed by atoms with Crippen molar-refractivity contribution in [2.75, 3.05) is 13.1 Å². The molecule has 2 N–H and O–H groups in total. The Labute approximate surface area is 84.9 Å². The van der Waals surface area contributed by atoms with E-state index in [1.807, 2.05) is 6.07 Å². The summed E-state index contributed by atoms with van der Waals surface area (Å²) in [5.41, 5.74) is 6.84. The van der Waals surface area contributed by atoms with Crippen LogP contribution >= 0.6 is 0 Å². The zero-order valence-electron chi connectivity index (χ0n) is 8.70. The molecule has 0 aromatic carbocycles. The summed E-state index contributed by atoms with van der Waals surface area (Å²) in [6.07, 6.45) is 3.05. The van der Waals surface area contributed by atoms with Crippen LogP contribution in [0.25, 0.3) is 0 Å². The van der Waals surface area contributed by atoms with Crippen LogP contribution in [0.2, 0.25) is 0 Å². The summed E-state index contributed by atoms with van der Waals surface area (Å²) in [6.45, 7) is 6.21. The number of hydrogen-bond donors (Lipinski definition) is 1. The van der Waals surface area contributed by atoms with Gasteiger partial charge in [0.15, 0.2) is 0 Å². The lowest BCUT2D eigenvalue weighted by Gasteiger charge is -2.14. The van der Waals surface area contributed by atoms with Gasteiger partial charge in [0.25, 0.3) is 0 Å². The third-order valence-corrected chi connectivity index (χ3v) is 2.93. The summed E-state index contributed by atoms with van der Waals surface area (Å²) in [5, 5.41) is 0. The molecule has 0 bridgehead atoms. The molecule has 1 fully saturated rings. The molecule has 14 heavy (non-hydrogen) atoms. The van der Waals surface area contributed by atoms with Gasteiger partial charge in [0.1, 0.15) is 5.76 Å². The van der Waals surface area contributed by atoms with E-state index in [9.17, 15) is 0 Å². The quantitative estimate of drug-likeness (QED) is 0.794. The maximum Gasteiger partial charge on any atom is 0.121 e. The van der Waals surface area contributed by atoms with Crippen molar-refractivity contribution in [3.63, 3.8) is 0 Å². The lowest BCUT2D eigenvalue weighted by Crippen LogP contribution is -2.20. The highest BCUT2D eigenvalue weighted by molar-refractivity contribution is 5.16. The molecule has 0 spiro atoms. The van der Waals surface area contributed by atoms with Crippen molar-refractivity contribution >= 4 is 0 Å². The number of nitrogens with zero attached hydrogens (tertiary/aromatic N) is 1. The number of nitrogens with two attached hydrogens (primary N) is 1. The third-order valence-electron chi connectivity index (χ3n) is 2.93. The highest BCUT2D eigenvalue weighted by Gasteiger charge is 2.19. The summed E-state index contributed by atoms with van der Waals surface area (Å²) in [5.74, 6) is 1.77. The van der Waals surface area contributed by atoms with Gasteiger partial charge in [-0.05, 0) is 24.9 Å². The Bertz CT molecular complexity index is 295. The Balaban J connectivity index is 1.97. The fourth-order valence-electron chi connectivity index (χ4n) is 2.10. The Hall–Kier alpha value is -0.800. The monoisotopic (exact) mass is 194 g/mol. The largest absolute Gasteiger partial charge is 0.468 e. The Morgan fingerprint density at radius 1 is 1.64 bits per heavy atom. The molecule has 3 nitrogen and oxygen atoms in total. The summed E-state index contributed by atoms with van der Waals surface area (Å²) < 4.78 is 5.30. The molecular formula is C11H18N2O. The average Bonchev–Trinajstić information content (AvgIpc) is 2.76. The molecule has 0 saturated carbocycles. The van der Waals surface area contributed by atoms with E-state index in [-0.39, 0.29) is 0 Å². The van der Waals surface area contributed by atoms with Crippen LogP contribution in [0.15, 0.2) is 16.7 Å². The van der Waals surface area contributed by atoms with Gasteiger partial charge in [0, 0.05) is 18.7 Å². The molecule has 2 rings (SSSR count). The molecule has 0 amide bonds. The topological polar surface area (TPSA) is 42.4 Å². The molecule has 0 radical (unpaired) electrons. The van der Waals surface area contributed by atoms with Crippen molar-refractivity contribution in [2.24, 2.45) is 11.7 Å². The predicted octanol–water partition coefficient (Wildman–Crippen LogP) is 1.58. The van der Waals surface area contributed by atoms with Gasteiger partial charge in [-0.2, -0.15) is 0 Å². The van der Waals surface area contributed by atoms with Gasteiger partial charge in [-0.15, -0.1) is 0 Å². The molecule has 1 unspecified atom stereocenters. The second kappa shape index (κ2) is 4.15. The van der Waals surface area contributed by atoms with E-state index in [0.29, 0.717) is 6.54 Å². The molecule has 1 aliphatic rings. The minimum atomic E-state index is 0.506. The lowest BCUT2D eigenvalue weighted by atomic mass is 10.2. The lowest BCUT2D eigenvalue weighted by molar-refractivity contribution is 0.317. The van der Waals surface area contributed by atoms with Gasteiger partial charge in [-0.3, -0.25) is 4.90 Å². The van der Waals surface area contributed by atoms with Crippen molar-refractivity contribution < 1.29 is 4.42 Å². The smallest absolute Gasteiger partial charge is 0.121 e. The third kappa shape index (κ3) is 1.99. The molecule has 1 atom stereocenters. The van der Waals surface area contributed by atoms with Crippen LogP contribution in [0.5, 0.6) is 0 Å². The fourth-order valence-corrected chi connectivity index (χ4v) is 2.10. The van der Waals surface area contributed by atoms with Gasteiger partial charge in [0.2, 0.25) is 0 Å². The molecule has 3 heteroatoms. The van der Waals surface area contributed by atoms with E-state index in [1.54, 1.807) is 6.26 Å². The minimum absolute atomic E-state index is 0.506. The Kier molecular flexibility index (Phi) is 2.89. The first-order valence-corrected chi connectivity index (χ1v) is 5.27. The summed E-state index contributed by atoms with van der Waals surface area (Å²) in [7, 11) is 0. The first-order chi connectivity index (χ1) is 6.79. The molecule has 1 aromatic rings. The van der Waals surface area contributed by atoms with E-state index in [1.165, 1.54) is 25.1 Å². The van der Waals surface area contributed by atoms with Crippen molar-refractivity contribution in [3.05, 3.63) is 23.7 Å². The summed E-state index contributed by atoms with van der Waals surface area (Å²) in [4.78, 5) is 2.47. The molecule has 0 aliphatic carbocycles. The van der Waals surface area contributed by atoms with Crippen LogP contribution in [-0.2, 0) is 13.1 Å². The second-order valence-corrected chi connectivity index (χ2v) is 4.20. The van der Waals surface area contributed by atoms with Gasteiger partial charge >= 0.3 is 0 Å². The van der Waals surface area contributed by atoms with Crippen LogP contribution in [0.1, 0.15) is 24.7 Å². The van der Waals surface area contributed by atoms with Crippen LogP contribution < -0.4 is 5.73 Å². The van der Waals surface area contributed by atoms with Crippen molar-refractivity contribution in [1.82, 2.24) is 4.90 Å². The van der Waals surface area contributed by atoms with Crippen molar-refractivity contribution in [1.29, 1.82) is 0 Å². The highest BCUT2D eigenvalue weighted by atomic mass is 16.3. The Morgan fingerprint density at radius 3 is 3.14 bits per heavy atom. The number of likely N-dealkylation sites (tertiary alicyclic amines) is 1. The highest BCUT2D eigenvalue weighted by Crippen LogP contribution is 2.19. The first kappa shape index (κ1) is 9.74. The molecular weight excluding hydrogens is 176 g/mol. The SMILES string of the molecule is CC1CCN(Cc2ccoc2CN)C1. The maximum atomic E-state index is 5.58. The van der Waals surface area contributed by atoms with E-state index in [2.05, 4.69) is 11.8 Å². The Morgan fingerprint density at radius 2 is 2.50 bits per heavy atom. The van der Waals surface area contributed by atoms with Crippen LogP contribution in [0, 0.1) is 5.92 Å². The zero-order chi connectivity index (χ0) is 9.97. The number of furan rings is 1. The number of hydrogen-bond acceptors (Lipinski definition) is 3.